The zero-order chi connectivity index (χ0) is 10.3. The van der Waals surface area contributed by atoms with Crippen LogP contribution in [0.3, 0.4) is 0 Å². The van der Waals surface area contributed by atoms with Crippen molar-refractivity contribution in [2.75, 3.05) is 5.73 Å². The minimum absolute atomic E-state index is 0.614. The summed E-state index contributed by atoms with van der Waals surface area (Å²) in [6.07, 6.45) is 7.01. The molecule has 0 spiro atoms. The van der Waals surface area contributed by atoms with Crippen molar-refractivity contribution in [3.8, 4) is 5.82 Å². The Bertz CT molecular complexity index is 480. The van der Waals surface area contributed by atoms with Crippen LogP contribution in [0.15, 0.2) is 18.3 Å². The molecule has 0 bridgehead atoms. The number of hydrogen-bond donors (Lipinski definition) is 2. The molecular formula is C11H14N4. The molecule has 2 heterocycles. The molecule has 15 heavy (non-hydrogen) atoms. The summed E-state index contributed by atoms with van der Waals surface area (Å²) in [5.41, 5.74) is 8.49. The highest BCUT2D eigenvalue weighted by Gasteiger charge is 2.15. The van der Waals surface area contributed by atoms with Crippen molar-refractivity contribution in [1.29, 1.82) is 0 Å². The molecule has 0 atom stereocenters. The van der Waals surface area contributed by atoms with E-state index in [0.717, 1.165) is 12.2 Å². The molecule has 0 amide bonds. The normalized spacial score (nSPS) is 15.2. The van der Waals surface area contributed by atoms with Gasteiger partial charge < -0.3 is 10.3 Å². The molecule has 78 valence electrons. The van der Waals surface area contributed by atoms with Crippen LogP contribution in [-0.2, 0) is 12.8 Å². The standard InChI is InChI=1S/C11H14N4/c12-10-7-11(14-13-10)15-6-5-8-3-1-2-4-9(8)15/h5-7H,1-4H2,(H3,12,13,14). The first-order valence-corrected chi connectivity index (χ1v) is 5.35. The number of nitrogen functional groups attached to an aromatic ring is 1. The van der Waals surface area contributed by atoms with Crippen LogP contribution in [-0.4, -0.2) is 14.8 Å². The summed E-state index contributed by atoms with van der Waals surface area (Å²) in [5.74, 6) is 1.51. The summed E-state index contributed by atoms with van der Waals surface area (Å²) in [6, 6.07) is 4.06. The van der Waals surface area contributed by atoms with E-state index < -0.39 is 0 Å². The molecule has 4 nitrogen and oxygen atoms in total. The van der Waals surface area contributed by atoms with Gasteiger partial charge in [0.2, 0.25) is 0 Å². The highest BCUT2D eigenvalue weighted by Crippen LogP contribution is 2.24. The van der Waals surface area contributed by atoms with Crippen LogP contribution in [0.1, 0.15) is 24.1 Å². The van der Waals surface area contributed by atoms with Gasteiger partial charge in [-0.2, -0.15) is 5.10 Å². The Morgan fingerprint density at radius 3 is 3.00 bits per heavy atom. The topological polar surface area (TPSA) is 59.6 Å². The predicted molar refractivity (Wildman–Crippen MR) is 59.0 cm³/mol. The number of anilines is 1. The van der Waals surface area contributed by atoms with Gasteiger partial charge in [0, 0.05) is 18.0 Å². The molecule has 0 aliphatic heterocycles. The molecule has 0 unspecified atom stereocenters. The lowest BCUT2D eigenvalue weighted by Crippen LogP contribution is -2.06. The number of rotatable bonds is 1. The third kappa shape index (κ3) is 1.33. The fourth-order valence-electron chi connectivity index (χ4n) is 2.29. The lowest BCUT2D eigenvalue weighted by Gasteiger charge is -2.13. The second-order valence-electron chi connectivity index (χ2n) is 4.05. The molecule has 3 N–H and O–H groups in total. The van der Waals surface area contributed by atoms with E-state index in [1.165, 1.54) is 30.5 Å². The minimum atomic E-state index is 0.614. The maximum absolute atomic E-state index is 5.63. The van der Waals surface area contributed by atoms with Gasteiger partial charge in [0.05, 0.1) is 0 Å². The van der Waals surface area contributed by atoms with E-state index in [2.05, 4.69) is 27.0 Å². The molecule has 2 aromatic rings. The van der Waals surface area contributed by atoms with Crippen molar-refractivity contribution in [3.63, 3.8) is 0 Å². The fraction of sp³-hybridized carbons (Fsp3) is 0.364. The van der Waals surface area contributed by atoms with Gasteiger partial charge in [-0.25, -0.2) is 0 Å². The quantitative estimate of drug-likeness (QED) is 0.738. The number of nitrogens with zero attached hydrogens (tertiary/aromatic N) is 2. The van der Waals surface area contributed by atoms with Gasteiger partial charge in [-0.15, -0.1) is 0 Å². The highest BCUT2D eigenvalue weighted by atomic mass is 15.2. The van der Waals surface area contributed by atoms with Gasteiger partial charge in [-0.3, -0.25) is 5.10 Å². The molecule has 1 aliphatic carbocycles. The molecule has 4 heteroatoms. The average Bonchev–Trinajstić information content (AvgIpc) is 2.83. The zero-order valence-corrected chi connectivity index (χ0v) is 8.53. The first-order valence-electron chi connectivity index (χ1n) is 5.35. The predicted octanol–water partition coefficient (Wildman–Crippen LogP) is 1.66. The van der Waals surface area contributed by atoms with Crippen LogP contribution >= 0.6 is 0 Å². The van der Waals surface area contributed by atoms with E-state index in [9.17, 15) is 0 Å². The Kier molecular flexibility index (Phi) is 1.80. The highest BCUT2D eigenvalue weighted by molar-refractivity contribution is 5.40. The molecule has 0 radical (unpaired) electrons. The number of nitrogens with two attached hydrogens (primary N) is 1. The number of aryl methyl sites for hydroxylation is 1. The number of H-pyrrole nitrogens is 1. The van der Waals surface area contributed by atoms with E-state index in [-0.39, 0.29) is 0 Å². The van der Waals surface area contributed by atoms with Crippen LogP contribution in [0.25, 0.3) is 5.82 Å². The van der Waals surface area contributed by atoms with Crippen molar-refractivity contribution in [2.45, 2.75) is 25.7 Å². The Hall–Kier alpha value is -1.71. The van der Waals surface area contributed by atoms with Gasteiger partial charge in [-0.1, -0.05) is 0 Å². The van der Waals surface area contributed by atoms with Gasteiger partial charge in [0.1, 0.15) is 5.82 Å². The van der Waals surface area contributed by atoms with E-state index in [1.54, 1.807) is 0 Å². The lowest BCUT2D eigenvalue weighted by atomic mass is 9.98. The number of fused-ring (bicyclic) bond motifs is 1. The van der Waals surface area contributed by atoms with Gasteiger partial charge in [0.25, 0.3) is 0 Å². The zero-order valence-electron chi connectivity index (χ0n) is 8.53. The second kappa shape index (κ2) is 3.15. The SMILES string of the molecule is Nc1cc(-n2ccc3c2CCCC3)n[nH]1. The Balaban J connectivity index is 2.08. The number of aromatic nitrogens is 3. The van der Waals surface area contributed by atoms with Crippen molar-refractivity contribution >= 4 is 5.82 Å². The summed E-state index contributed by atoms with van der Waals surface area (Å²) >= 11 is 0. The van der Waals surface area contributed by atoms with E-state index >= 15 is 0 Å². The maximum Gasteiger partial charge on any atom is 0.160 e. The molecule has 3 rings (SSSR count). The fourth-order valence-corrected chi connectivity index (χ4v) is 2.29. The molecule has 0 saturated heterocycles. The van der Waals surface area contributed by atoms with Crippen LogP contribution in [0.4, 0.5) is 5.82 Å². The van der Waals surface area contributed by atoms with E-state index in [0.29, 0.717) is 5.82 Å². The number of hydrogen-bond acceptors (Lipinski definition) is 2. The van der Waals surface area contributed by atoms with Gasteiger partial charge in [0.15, 0.2) is 5.82 Å². The maximum atomic E-state index is 5.63. The smallest absolute Gasteiger partial charge is 0.160 e. The number of aromatic amines is 1. The lowest BCUT2D eigenvalue weighted by molar-refractivity contribution is 0.660. The van der Waals surface area contributed by atoms with Crippen LogP contribution in [0.2, 0.25) is 0 Å². The van der Waals surface area contributed by atoms with Crippen molar-refractivity contribution < 1.29 is 0 Å². The van der Waals surface area contributed by atoms with Crippen molar-refractivity contribution in [1.82, 2.24) is 14.8 Å². The molecule has 1 aliphatic rings. The Labute approximate surface area is 88.1 Å². The summed E-state index contributed by atoms with van der Waals surface area (Å²) in [4.78, 5) is 0. The first kappa shape index (κ1) is 8.59. The van der Waals surface area contributed by atoms with Crippen LogP contribution in [0, 0.1) is 0 Å². The van der Waals surface area contributed by atoms with E-state index in [4.69, 9.17) is 5.73 Å². The van der Waals surface area contributed by atoms with E-state index in [1.807, 2.05) is 6.07 Å². The summed E-state index contributed by atoms with van der Waals surface area (Å²) < 4.78 is 2.14. The van der Waals surface area contributed by atoms with Crippen LogP contribution < -0.4 is 5.73 Å². The summed E-state index contributed by atoms with van der Waals surface area (Å²) in [7, 11) is 0. The average molecular weight is 202 g/mol. The molecular weight excluding hydrogens is 188 g/mol. The third-order valence-corrected chi connectivity index (χ3v) is 3.03. The molecule has 2 aromatic heterocycles. The van der Waals surface area contributed by atoms with Gasteiger partial charge in [-0.05, 0) is 37.3 Å². The molecule has 0 fully saturated rings. The van der Waals surface area contributed by atoms with Gasteiger partial charge >= 0.3 is 0 Å². The Morgan fingerprint density at radius 2 is 2.20 bits per heavy atom. The van der Waals surface area contributed by atoms with Crippen molar-refractivity contribution in [3.05, 3.63) is 29.6 Å². The Morgan fingerprint density at radius 1 is 1.33 bits per heavy atom. The second-order valence-corrected chi connectivity index (χ2v) is 4.05. The van der Waals surface area contributed by atoms with Crippen LogP contribution in [0.5, 0.6) is 0 Å². The summed E-state index contributed by atoms with van der Waals surface area (Å²) in [5, 5.41) is 6.95. The number of nitrogens with one attached hydrogen (secondary N) is 1. The minimum Gasteiger partial charge on any atom is -0.384 e. The molecule has 0 aromatic carbocycles. The monoisotopic (exact) mass is 202 g/mol. The summed E-state index contributed by atoms with van der Waals surface area (Å²) in [6.45, 7) is 0. The molecule has 0 saturated carbocycles. The first-order chi connectivity index (χ1) is 7.34. The van der Waals surface area contributed by atoms with Crippen molar-refractivity contribution in [2.24, 2.45) is 0 Å². The largest absolute Gasteiger partial charge is 0.384 e. The third-order valence-electron chi connectivity index (χ3n) is 3.03.